The fourth-order valence-electron chi connectivity index (χ4n) is 3.99. The number of hydrogen-bond donors (Lipinski definition) is 3. The number of amides is 2. The molecule has 3 rings (SSSR count). The van der Waals surface area contributed by atoms with E-state index in [1.165, 1.54) is 0 Å². The summed E-state index contributed by atoms with van der Waals surface area (Å²) in [4.78, 5) is 35.9. The number of ether oxygens (including phenoxy) is 1. The Kier molecular flexibility index (Phi) is 7.65. The Labute approximate surface area is 187 Å². The molecule has 0 aromatic heterocycles. The van der Waals surface area contributed by atoms with Crippen LogP contribution in [0.5, 0.6) is 0 Å². The maximum absolute atomic E-state index is 12.6. The molecule has 0 radical (unpaired) electrons. The molecular weight excluding hydrogens is 408 g/mol. The van der Waals surface area contributed by atoms with Gasteiger partial charge < -0.3 is 20.5 Å². The van der Waals surface area contributed by atoms with Crippen molar-refractivity contribution in [1.29, 1.82) is 0 Å². The third-order valence-corrected chi connectivity index (χ3v) is 5.48. The first kappa shape index (κ1) is 23.1. The lowest BCUT2D eigenvalue weighted by molar-refractivity contribution is -0.137. The number of carboxylic acid groups (broad SMARTS) is 1. The molecule has 168 valence electrons. The Balaban J connectivity index is 1.63. The summed E-state index contributed by atoms with van der Waals surface area (Å²) in [5, 5.41) is 14.1. The van der Waals surface area contributed by atoms with Crippen LogP contribution < -0.4 is 10.6 Å². The third-order valence-electron chi connectivity index (χ3n) is 5.48. The molecule has 0 bridgehead atoms. The van der Waals surface area contributed by atoms with Gasteiger partial charge in [0.1, 0.15) is 12.6 Å². The third kappa shape index (κ3) is 5.55. The number of carboxylic acids is 1. The average Bonchev–Trinajstić information content (AvgIpc) is 3.08. The average molecular weight is 437 g/mol. The number of aliphatic carboxylic acids is 1. The molecule has 0 spiro atoms. The van der Waals surface area contributed by atoms with Gasteiger partial charge in [0.05, 0.1) is 6.42 Å². The second kappa shape index (κ2) is 10.6. The number of allylic oxidation sites excluding steroid dienone is 1. The van der Waals surface area contributed by atoms with Gasteiger partial charge in [0.25, 0.3) is 0 Å². The minimum Gasteiger partial charge on any atom is -0.481 e. The summed E-state index contributed by atoms with van der Waals surface area (Å²) in [5.74, 6) is -1.54. The number of fused-ring (bicyclic) bond motifs is 3. The number of alkyl carbamates (subject to hydrolysis) is 1. The van der Waals surface area contributed by atoms with E-state index in [-0.39, 0.29) is 18.9 Å². The largest absolute Gasteiger partial charge is 0.481 e. The van der Waals surface area contributed by atoms with E-state index < -0.39 is 30.1 Å². The molecule has 2 aromatic rings. The molecule has 2 atom stereocenters. The molecule has 0 fully saturated rings. The van der Waals surface area contributed by atoms with E-state index in [4.69, 9.17) is 9.84 Å². The van der Waals surface area contributed by atoms with Gasteiger partial charge in [0.15, 0.2) is 0 Å². The second-order valence-electron chi connectivity index (χ2n) is 7.90. The molecule has 3 N–H and O–H groups in total. The van der Waals surface area contributed by atoms with Crippen LogP contribution in [0, 0.1) is 0 Å². The van der Waals surface area contributed by atoms with Crippen molar-refractivity contribution in [2.45, 2.75) is 44.2 Å². The molecule has 0 aliphatic heterocycles. The number of carbonyl (C=O) groups excluding carboxylic acids is 2. The van der Waals surface area contributed by atoms with E-state index in [1.54, 1.807) is 13.0 Å². The molecule has 1 aliphatic carbocycles. The maximum atomic E-state index is 12.6. The number of rotatable bonds is 10. The van der Waals surface area contributed by atoms with Crippen molar-refractivity contribution in [3.05, 3.63) is 72.3 Å². The highest BCUT2D eigenvalue weighted by Gasteiger charge is 2.30. The van der Waals surface area contributed by atoms with E-state index in [0.29, 0.717) is 12.8 Å². The molecule has 7 heteroatoms. The van der Waals surface area contributed by atoms with Crippen molar-refractivity contribution in [3.63, 3.8) is 0 Å². The molecule has 1 unspecified atom stereocenters. The van der Waals surface area contributed by atoms with Gasteiger partial charge in [-0.3, -0.25) is 9.59 Å². The topological polar surface area (TPSA) is 105 Å². The molecule has 2 amide bonds. The first-order valence-corrected chi connectivity index (χ1v) is 10.6. The van der Waals surface area contributed by atoms with Crippen LogP contribution >= 0.6 is 0 Å². The molecule has 0 saturated heterocycles. The monoisotopic (exact) mass is 436 g/mol. The predicted octanol–water partition coefficient (Wildman–Crippen LogP) is 3.84. The quantitative estimate of drug-likeness (QED) is 0.491. The Morgan fingerprint density at radius 1 is 1.06 bits per heavy atom. The standard InChI is InChI=1S/C25H28N2O5/c1-3-4-13-22(24(30)26-16(2)14-23(28)29)27-25(31)32-15-21-19-11-7-5-9-17(19)18-10-6-8-12-20(18)21/h3,5-12,16,21-22H,1,4,13-15H2,2H3,(H,26,30)(H,27,31)(H,28,29)/t16-,22?/m0/s1. The van der Waals surface area contributed by atoms with Crippen molar-refractivity contribution in [2.75, 3.05) is 6.61 Å². The van der Waals surface area contributed by atoms with Gasteiger partial charge in [-0.25, -0.2) is 4.79 Å². The lowest BCUT2D eigenvalue weighted by atomic mass is 9.98. The molecule has 1 aliphatic rings. The summed E-state index contributed by atoms with van der Waals surface area (Å²) in [5.41, 5.74) is 4.47. The van der Waals surface area contributed by atoms with Gasteiger partial charge in [-0.1, -0.05) is 54.6 Å². The fraction of sp³-hybridized carbons (Fsp3) is 0.320. The van der Waals surface area contributed by atoms with Crippen LogP contribution in [0.1, 0.15) is 43.2 Å². The van der Waals surface area contributed by atoms with Crippen LogP contribution in [0.25, 0.3) is 11.1 Å². The molecule has 0 heterocycles. The number of hydrogen-bond acceptors (Lipinski definition) is 4. The molecule has 7 nitrogen and oxygen atoms in total. The lowest BCUT2D eigenvalue weighted by Gasteiger charge is -2.21. The molecule has 2 aromatic carbocycles. The first-order chi connectivity index (χ1) is 15.4. The van der Waals surface area contributed by atoms with E-state index in [9.17, 15) is 14.4 Å². The fourth-order valence-corrected chi connectivity index (χ4v) is 3.99. The summed E-state index contributed by atoms with van der Waals surface area (Å²) in [6.45, 7) is 5.39. The van der Waals surface area contributed by atoms with Crippen LogP contribution in [0.4, 0.5) is 4.79 Å². The van der Waals surface area contributed by atoms with Crippen molar-refractivity contribution >= 4 is 18.0 Å². The normalized spacial score (nSPS) is 13.9. The number of benzene rings is 2. The Morgan fingerprint density at radius 2 is 1.66 bits per heavy atom. The second-order valence-corrected chi connectivity index (χ2v) is 7.90. The van der Waals surface area contributed by atoms with E-state index in [2.05, 4.69) is 29.3 Å². The van der Waals surface area contributed by atoms with Gasteiger partial charge in [0.2, 0.25) is 5.91 Å². The summed E-state index contributed by atoms with van der Waals surface area (Å²) < 4.78 is 5.52. The lowest BCUT2D eigenvalue weighted by Crippen LogP contribution is -2.49. The highest BCUT2D eigenvalue weighted by Crippen LogP contribution is 2.44. The van der Waals surface area contributed by atoms with Crippen molar-refractivity contribution in [1.82, 2.24) is 10.6 Å². The van der Waals surface area contributed by atoms with Crippen LogP contribution in [-0.4, -0.2) is 41.8 Å². The molecule has 32 heavy (non-hydrogen) atoms. The molecule has 0 saturated carbocycles. The van der Waals surface area contributed by atoms with Crippen LogP contribution in [0.3, 0.4) is 0 Å². The van der Waals surface area contributed by atoms with Gasteiger partial charge in [-0.15, -0.1) is 6.58 Å². The van der Waals surface area contributed by atoms with E-state index in [1.807, 2.05) is 36.4 Å². The Hall–Kier alpha value is -3.61. The number of carbonyl (C=O) groups is 3. The zero-order valence-electron chi connectivity index (χ0n) is 18.0. The SMILES string of the molecule is C=CCCC(NC(=O)OCC1c2ccccc2-c2ccccc21)C(=O)N[C@@H](C)CC(=O)O. The van der Waals surface area contributed by atoms with Gasteiger partial charge in [-0.05, 0) is 42.0 Å². The summed E-state index contributed by atoms with van der Waals surface area (Å²) in [7, 11) is 0. The van der Waals surface area contributed by atoms with E-state index in [0.717, 1.165) is 22.3 Å². The number of nitrogens with one attached hydrogen (secondary N) is 2. The highest BCUT2D eigenvalue weighted by atomic mass is 16.5. The Morgan fingerprint density at radius 3 is 2.22 bits per heavy atom. The smallest absolute Gasteiger partial charge is 0.407 e. The summed E-state index contributed by atoms with van der Waals surface area (Å²) >= 11 is 0. The van der Waals surface area contributed by atoms with Crippen LogP contribution in [-0.2, 0) is 14.3 Å². The first-order valence-electron chi connectivity index (χ1n) is 10.6. The van der Waals surface area contributed by atoms with Gasteiger partial charge >= 0.3 is 12.1 Å². The zero-order chi connectivity index (χ0) is 23.1. The Bertz CT molecular complexity index is 958. The van der Waals surface area contributed by atoms with Gasteiger partial charge in [0, 0.05) is 12.0 Å². The van der Waals surface area contributed by atoms with Gasteiger partial charge in [-0.2, -0.15) is 0 Å². The summed E-state index contributed by atoms with van der Waals surface area (Å²) in [6, 6.07) is 14.7. The van der Waals surface area contributed by atoms with Crippen LogP contribution in [0.2, 0.25) is 0 Å². The summed E-state index contributed by atoms with van der Waals surface area (Å²) in [6.07, 6.45) is 1.60. The van der Waals surface area contributed by atoms with Crippen molar-refractivity contribution in [3.8, 4) is 11.1 Å². The van der Waals surface area contributed by atoms with Crippen molar-refractivity contribution in [2.24, 2.45) is 0 Å². The van der Waals surface area contributed by atoms with Crippen molar-refractivity contribution < 1.29 is 24.2 Å². The van der Waals surface area contributed by atoms with E-state index >= 15 is 0 Å². The van der Waals surface area contributed by atoms with Crippen LogP contribution in [0.15, 0.2) is 61.2 Å². The minimum atomic E-state index is -1.01. The zero-order valence-corrected chi connectivity index (χ0v) is 18.0. The maximum Gasteiger partial charge on any atom is 0.407 e. The predicted molar refractivity (Wildman–Crippen MR) is 121 cm³/mol. The minimum absolute atomic E-state index is 0.0795. The highest BCUT2D eigenvalue weighted by molar-refractivity contribution is 5.86. The molecular formula is C25H28N2O5.